The number of amides is 1. The summed E-state index contributed by atoms with van der Waals surface area (Å²) in [5, 5.41) is 2.95. The lowest BCUT2D eigenvalue weighted by Crippen LogP contribution is -2.38. The van der Waals surface area contributed by atoms with E-state index in [0.717, 1.165) is 24.0 Å². The van der Waals surface area contributed by atoms with E-state index in [9.17, 15) is 4.79 Å². The highest BCUT2D eigenvalue weighted by Crippen LogP contribution is 2.20. The van der Waals surface area contributed by atoms with Crippen molar-refractivity contribution in [2.45, 2.75) is 52.0 Å². The second-order valence-corrected chi connectivity index (χ2v) is 5.14. The van der Waals surface area contributed by atoms with Crippen LogP contribution in [0.1, 0.15) is 43.2 Å². The van der Waals surface area contributed by atoms with Gasteiger partial charge in [-0.2, -0.15) is 0 Å². The van der Waals surface area contributed by atoms with Crippen LogP contribution in [0.15, 0.2) is 18.2 Å². The molecule has 0 atom stereocenters. The molecule has 0 aromatic heterocycles. The van der Waals surface area contributed by atoms with Crippen LogP contribution in [0.4, 0.5) is 4.79 Å². The van der Waals surface area contributed by atoms with Crippen LogP contribution in [0.3, 0.4) is 0 Å². The maximum atomic E-state index is 11.8. The van der Waals surface area contributed by atoms with Gasteiger partial charge in [0.15, 0.2) is 0 Å². The van der Waals surface area contributed by atoms with E-state index in [0.29, 0.717) is 5.75 Å². The summed E-state index contributed by atoms with van der Waals surface area (Å²) in [5.74, 6) is 0.656. The standard InChI is InChI=1S/C15H21NO2/c1-11-8-9-12(2)14(10-11)18-15(17)16-13-6-4-3-5-7-13/h8-10,13H,3-7H2,1-2H3,(H,16,17). The number of aryl methyl sites for hydroxylation is 2. The Bertz CT molecular complexity index is 423. The first kappa shape index (κ1) is 12.9. The van der Waals surface area contributed by atoms with Crippen molar-refractivity contribution in [3.8, 4) is 5.75 Å². The largest absolute Gasteiger partial charge is 0.412 e. The van der Waals surface area contributed by atoms with Crippen molar-refractivity contribution in [3.63, 3.8) is 0 Å². The molecule has 1 aliphatic rings. The van der Waals surface area contributed by atoms with Gasteiger partial charge < -0.3 is 10.1 Å². The monoisotopic (exact) mass is 247 g/mol. The minimum Gasteiger partial charge on any atom is -0.410 e. The van der Waals surface area contributed by atoms with Crippen LogP contribution in [0.5, 0.6) is 5.75 Å². The molecular formula is C15H21NO2. The van der Waals surface area contributed by atoms with Crippen LogP contribution in [-0.4, -0.2) is 12.1 Å². The predicted octanol–water partition coefficient (Wildman–Crippen LogP) is 3.72. The molecule has 1 fully saturated rings. The quantitative estimate of drug-likeness (QED) is 0.864. The second-order valence-electron chi connectivity index (χ2n) is 5.14. The van der Waals surface area contributed by atoms with Gasteiger partial charge in [0.05, 0.1) is 0 Å². The van der Waals surface area contributed by atoms with E-state index in [4.69, 9.17) is 4.74 Å². The lowest BCUT2D eigenvalue weighted by atomic mass is 9.96. The maximum absolute atomic E-state index is 11.8. The van der Waals surface area contributed by atoms with Crippen LogP contribution in [-0.2, 0) is 0 Å². The molecule has 1 aromatic rings. The zero-order valence-corrected chi connectivity index (χ0v) is 11.2. The Kier molecular flexibility index (Phi) is 4.24. The van der Waals surface area contributed by atoms with Crippen LogP contribution < -0.4 is 10.1 Å². The van der Waals surface area contributed by atoms with Gasteiger partial charge in [-0.1, -0.05) is 31.4 Å². The van der Waals surface area contributed by atoms with Gasteiger partial charge in [-0.25, -0.2) is 4.79 Å². The molecule has 0 radical (unpaired) electrons. The smallest absolute Gasteiger partial charge is 0.410 e. The summed E-state index contributed by atoms with van der Waals surface area (Å²) in [7, 11) is 0. The first-order valence-corrected chi connectivity index (χ1v) is 6.71. The molecule has 1 amide bonds. The first-order chi connectivity index (χ1) is 8.65. The summed E-state index contributed by atoms with van der Waals surface area (Å²) in [6.45, 7) is 3.94. The van der Waals surface area contributed by atoms with Crippen molar-refractivity contribution < 1.29 is 9.53 Å². The molecule has 1 N–H and O–H groups in total. The van der Waals surface area contributed by atoms with Gasteiger partial charge in [0.1, 0.15) is 5.75 Å². The molecule has 98 valence electrons. The third-order valence-corrected chi connectivity index (χ3v) is 3.47. The fourth-order valence-electron chi connectivity index (χ4n) is 2.36. The molecular weight excluding hydrogens is 226 g/mol. The number of hydrogen-bond donors (Lipinski definition) is 1. The number of benzene rings is 1. The Hall–Kier alpha value is -1.51. The summed E-state index contributed by atoms with van der Waals surface area (Å²) in [6, 6.07) is 6.17. The summed E-state index contributed by atoms with van der Waals surface area (Å²) < 4.78 is 5.38. The Morgan fingerprint density at radius 1 is 1.22 bits per heavy atom. The Morgan fingerprint density at radius 2 is 1.94 bits per heavy atom. The molecule has 1 saturated carbocycles. The highest BCUT2D eigenvalue weighted by Gasteiger charge is 2.17. The summed E-state index contributed by atoms with van der Waals surface area (Å²) in [6.07, 6.45) is 5.51. The van der Waals surface area contributed by atoms with E-state index in [1.54, 1.807) is 0 Å². The van der Waals surface area contributed by atoms with Gasteiger partial charge in [0.25, 0.3) is 0 Å². The van der Waals surface area contributed by atoms with E-state index in [2.05, 4.69) is 5.32 Å². The van der Waals surface area contributed by atoms with Crippen LogP contribution in [0.25, 0.3) is 0 Å². The molecule has 0 aliphatic heterocycles. The van der Waals surface area contributed by atoms with Gasteiger partial charge in [-0.15, -0.1) is 0 Å². The minimum atomic E-state index is -0.324. The SMILES string of the molecule is Cc1ccc(C)c(OC(=O)NC2CCCCC2)c1. The Balaban J connectivity index is 1.92. The number of carbonyl (C=O) groups is 1. The number of nitrogens with one attached hydrogen (secondary N) is 1. The maximum Gasteiger partial charge on any atom is 0.412 e. The number of rotatable bonds is 2. The Morgan fingerprint density at radius 3 is 2.67 bits per heavy atom. The van der Waals surface area contributed by atoms with Crippen molar-refractivity contribution >= 4 is 6.09 Å². The van der Waals surface area contributed by atoms with Crippen molar-refractivity contribution in [2.75, 3.05) is 0 Å². The van der Waals surface area contributed by atoms with E-state index in [1.807, 2.05) is 32.0 Å². The molecule has 0 heterocycles. The van der Waals surface area contributed by atoms with E-state index in [1.165, 1.54) is 19.3 Å². The Labute approximate surface area is 109 Å². The lowest BCUT2D eigenvalue weighted by molar-refractivity contribution is 0.191. The molecule has 0 saturated heterocycles. The highest BCUT2D eigenvalue weighted by atomic mass is 16.6. The predicted molar refractivity (Wildman–Crippen MR) is 71.9 cm³/mol. The van der Waals surface area contributed by atoms with Gasteiger partial charge >= 0.3 is 6.09 Å². The fraction of sp³-hybridized carbons (Fsp3) is 0.533. The van der Waals surface area contributed by atoms with E-state index >= 15 is 0 Å². The molecule has 0 unspecified atom stereocenters. The normalized spacial score (nSPS) is 16.3. The molecule has 0 spiro atoms. The van der Waals surface area contributed by atoms with Crippen LogP contribution in [0.2, 0.25) is 0 Å². The van der Waals surface area contributed by atoms with Crippen molar-refractivity contribution in [2.24, 2.45) is 0 Å². The van der Waals surface area contributed by atoms with Crippen molar-refractivity contribution in [3.05, 3.63) is 29.3 Å². The molecule has 1 aliphatic carbocycles. The first-order valence-electron chi connectivity index (χ1n) is 6.71. The second kappa shape index (κ2) is 5.89. The van der Waals surface area contributed by atoms with Crippen molar-refractivity contribution in [1.82, 2.24) is 5.32 Å². The molecule has 3 heteroatoms. The topological polar surface area (TPSA) is 38.3 Å². The molecule has 0 bridgehead atoms. The molecule has 2 rings (SSSR count). The zero-order chi connectivity index (χ0) is 13.0. The summed E-state index contributed by atoms with van der Waals surface area (Å²) in [5.41, 5.74) is 2.08. The molecule has 1 aromatic carbocycles. The fourth-order valence-corrected chi connectivity index (χ4v) is 2.36. The summed E-state index contributed by atoms with van der Waals surface area (Å²) >= 11 is 0. The lowest BCUT2D eigenvalue weighted by Gasteiger charge is -2.22. The van der Waals surface area contributed by atoms with Crippen LogP contribution >= 0.6 is 0 Å². The highest BCUT2D eigenvalue weighted by molar-refractivity contribution is 5.71. The number of hydrogen-bond acceptors (Lipinski definition) is 2. The number of ether oxygens (including phenoxy) is 1. The third-order valence-electron chi connectivity index (χ3n) is 3.47. The van der Waals surface area contributed by atoms with Crippen molar-refractivity contribution in [1.29, 1.82) is 0 Å². The van der Waals surface area contributed by atoms with Gasteiger partial charge in [0, 0.05) is 6.04 Å². The van der Waals surface area contributed by atoms with E-state index < -0.39 is 0 Å². The van der Waals surface area contributed by atoms with Crippen LogP contribution in [0, 0.1) is 13.8 Å². The minimum absolute atomic E-state index is 0.288. The average Bonchev–Trinajstić information content (AvgIpc) is 2.35. The van der Waals surface area contributed by atoms with E-state index in [-0.39, 0.29) is 12.1 Å². The number of carbonyl (C=O) groups excluding carboxylic acids is 1. The molecule has 3 nitrogen and oxygen atoms in total. The molecule has 18 heavy (non-hydrogen) atoms. The third kappa shape index (κ3) is 3.49. The average molecular weight is 247 g/mol. The zero-order valence-electron chi connectivity index (χ0n) is 11.2. The summed E-state index contributed by atoms with van der Waals surface area (Å²) in [4.78, 5) is 11.8. The van der Waals surface area contributed by atoms with Gasteiger partial charge in [-0.3, -0.25) is 0 Å². The van der Waals surface area contributed by atoms with Gasteiger partial charge in [0.2, 0.25) is 0 Å². The van der Waals surface area contributed by atoms with Gasteiger partial charge in [-0.05, 0) is 43.9 Å².